The number of hydrogen-bond acceptors (Lipinski definition) is 6. The van der Waals surface area contributed by atoms with Gasteiger partial charge in [0.15, 0.2) is 8.32 Å². The van der Waals surface area contributed by atoms with Gasteiger partial charge in [0.2, 0.25) is 0 Å². The normalized spacial score (nSPS) is 22.8. The van der Waals surface area contributed by atoms with E-state index in [9.17, 15) is 0 Å². The fraction of sp³-hybridized carbons (Fsp3) is 0.636. The summed E-state index contributed by atoms with van der Waals surface area (Å²) in [6.07, 6.45) is 0.836. The molecular formula is C22H36O6Si. The summed E-state index contributed by atoms with van der Waals surface area (Å²) in [4.78, 5) is 0. The van der Waals surface area contributed by atoms with Crippen LogP contribution in [-0.4, -0.2) is 55.6 Å². The first kappa shape index (κ1) is 23.7. The van der Waals surface area contributed by atoms with E-state index in [1.165, 1.54) is 0 Å². The fourth-order valence-electron chi connectivity index (χ4n) is 3.12. The molecule has 7 heteroatoms. The average Bonchev–Trinajstić information content (AvgIpc) is 2.69. The van der Waals surface area contributed by atoms with E-state index in [4.69, 9.17) is 28.1 Å². The Kier molecular flexibility index (Phi) is 7.78. The molecule has 0 N–H and O–H groups in total. The monoisotopic (exact) mass is 424 g/mol. The minimum Gasteiger partial charge on any atom is -0.498 e. The molecule has 6 nitrogen and oxygen atoms in total. The van der Waals surface area contributed by atoms with Crippen molar-refractivity contribution in [3.05, 3.63) is 35.6 Å². The highest BCUT2D eigenvalue weighted by Crippen LogP contribution is 2.42. The smallest absolute Gasteiger partial charge is 0.192 e. The van der Waals surface area contributed by atoms with Crippen LogP contribution < -0.4 is 9.47 Å². The van der Waals surface area contributed by atoms with Gasteiger partial charge in [-0.1, -0.05) is 26.8 Å². The highest BCUT2D eigenvalue weighted by Gasteiger charge is 2.41. The van der Waals surface area contributed by atoms with Crippen molar-refractivity contribution >= 4 is 8.32 Å². The Hall–Kier alpha value is -1.54. The van der Waals surface area contributed by atoms with Crippen LogP contribution in [0.2, 0.25) is 18.1 Å². The summed E-state index contributed by atoms with van der Waals surface area (Å²) in [7, 11) is 4.63. The molecular weight excluding hydrogens is 388 g/mol. The minimum absolute atomic E-state index is 0.107. The predicted molar refractivity (Wildman–Crippen MR) is 116 cm³/mol. The highest BCUT2D eigenvalue weighted by atomic mass is 28.4. The molecule has 164 valence electrons. The third-order valence-corrected chi connectivity index (χ3v) is 10.4. The van der Waals surface area contributed by atoms with Crippen molar-refractivity contribution < 1.29 is 28.1 Å². The molecule has 0 aliphatic carbocycles. The summed E-state index contributed by atoms with van der Waals surface area (Å²) >= 11 is 0. The van der Waals surface area contributed by atoms with E-state index in [2.05, 4.69) is 33.9 Å². The molecule has 1 aliphatic heterocycles. The van der Waals surface area contributed by atoms with Crippen molar-refractivity contribution in [2.24, 2.45) is 0 Å². The molecule has 1 aliphatic rings. The van der Waals surface area contributed by atoms with E-state index in [1.807, 2.05) is 24.3 Å². The van der Waals surface area contributed by atoms with Gasteiger partial charge in [-0.15, -0.1) is 0 Å². The van der Waals surface area contributed by atoms with Gasteiger partial charge in [0.05, 0.1) is 33.5 Å². The lowest BCUT2D eigenvalue weighted by atomic mass is 10.00. The molecule has 1 aromatic rings. The maximum Gasteiger partial charge on any atom is 0.192 e. The van der Waals surface area contributed by atoms with Gasteiger partial charge < -0.3 is 28.1 Å². The van der Waals surface area contributed by atoms with Crippen LogP contribution >= 0.6 is 0 Å². The molecule has 0 aromatic heterocycles. The van der Waals surface area contributed by atoms with Gasteiger partial charge in [0, 0.05) is 7.11 Å². The van der Waals surface area contributed by atoms with Crippen LogP contribution in [0.4, 0.5) is 0 Å². The van der Waals surface area contributed by atoms with Crippen molar-refractivity contribution in [2.75, 3.05) is 35.0 Å². The van der Waals surface area contributed by atoms with Crippen molar-refractivity contribution in [3.8, 4) is 11.5 Å². The van der Waals surface area contributed by atoms with Gasteiger partial charge in [-0.3, -0.25) is 0 Å². The van der Waals surface area contributed by atoms with E-state index < -0.39 is 14.4 Å². The molecule has 0 bridgehead atoms. The van der Waals surface area contributed by atoms with Gasteiger partial charge >= 0.3 is 0 Å². The van der Waals surface area contributed by atoms with E-state index in [1.54, 1.807) is 28.4 Å². The summed E-state index contributed by atoms with van der Waals surface area (Å²) in [5.74, 6) is 2.10. The summed E-state index contributed by atoms with van der Waals surface area (Å²) < 4.78 is 35.4. The molecule has 1 aromatic carbocycles. The molecule has 0 radical (unpaired) electrons. The van der Waals surface area contributed by atoms with Crippen molar-refractivity contribution in [1.82, 2.24) is 0 Å². The van der Waals surface area contributed by atoms with E-state index in [0.717, 1.165) is 5.56 Å². The average molecular weight is 425 g/mol. The van der Waals surface area contributed by atoms with Crippen LogP contribution in [0.3, 0.4) is 0 Å². The van der Waals surface area contributed by atoms with Gasteiger partial charge in [-0.25, -0.2) is 0 Å². The van der Waals surface area contributed by atoms with Crippen molar-refractivity contribution in [2.45, 2.75) is 57.2 Å². The SMILES string of the molecule is COC1=C[C@@H](c2c(OC)cccc2OC)O[C@H](CO[Si](C)(C)C(C)(C)C)[C@H]1OC. The lowest BCUT2D eigenvalue weighted by molar-refractivity contribution is -0.112. The Morgan fingerprint density at radius 3 is 2.00 bits per heavy atom. The second kappa shape index (κ2) is 9.51. The van der Waals surface area contributed by atoms with Gasteiger partial charge in [-0.05, 0) is 36.3 Å². The first-order chi connectivity index (χ1) is 13.6. The molecule has 0 unspecified atom stereocenters. The summed E-state index contributed by atoms with van der Waals surface area (Å²) in [5.41, 5.74) is 0.818. The molecule has 0 amide bonds. The molecule has 0 fully saturated rings. The maximum atomic E-state index is 6.46. The second-order valence-corrected chi connectivity index (χ2v) is 13.5. The van der Waals surface area contributed by atoms with Crippen LogP contribution in [0.5, 0.6) is 11.5 Å². The highest BCUT2D eigenvalue weighted by molar-refractivity contribution is 6.74. The Balaban J connectivity index is 2.38. The topological polar surface area (TPSA) is 55.4 Å². The van der Waals surface area contributed by atoms with E-state index >= 15 is 0 Å². The summed E-state index contributed by atoms with van der Waals surface area (Å²) in [5, 5.41) is 0.107. The number of rotatable bonds is 8. The third-order valence-electron chi connectivity index (χ3n) is 5.91. The van der Waals surface area contributed by atoms with Crippen LogP contribution in [0.1, 0.15) is 32.4 Å². The number of ether oxygens (including phenoxy) is 5. The molecule has 0 spiro atoms. The Bertz CT molecular complexity index is 687. The zero-order valence-corrected chi connectivity index (χ0v) is 20.2. The maximum absolute atomic E-state index is 6.46. The van der Waals surface area contributed by atoms with Crippen LogP contribution in [0.25, 0.3) is 0 Å². The number of benzene rings is 1. The standard InChI is InChI=1S/C22H36O6Si/c1-22(2,3)29(8,9)27-14-19-21(26-7)18(25-6)13-17(28-19)20-15(23-4)11-10-12-16(20)24-5/h10-13,17,19,21H,14H2,1-9H3/t17-,19+,21-/m0/s1. The van der Waals surface area contributed by atoms with Crippen molar-refractivity contribution in [1.29, 1.82) is 0 Å². The molecule has 2 rings (SSSR count). The predicted octanol–water partition coefficient (Wildman–Crippen LogP) is 4.71. The minimum atomic E-state index is -1.95. The molecule has 0 saturated heterocycles. The lowest BCUT2D eigenvalue weighted by Gasteiger charge is -2.40. The van der Waals surface area contributed by atoms with Crippen LogP contribution in [0.15, 0.2) is 30.0 Å². The number of hydrogen-bond donors (Lipinski definition) is 0. The first-order valence-electron chi connectivity index (χ1n) is 9.88. The Labute approximate surface area is 176 Å². The zero-order valence-electron chi connectivity index (χ0n) is 19.2. The van der Waals surface area contributed by atoms with Gasteiger partial charge in [0.25, 0.3) is 0 Å². The fourth-order valence-corrected chi connectivity index (χ4v) is 4.14. The molecule has 0 saturated carbocycles. The summed E-state index contributed by atoms with van der Waals surface area (Å²) in [6.45, 7) is 11.5. The Morgan fingerprint density at radius 2 is 1.55 bits per heavy atom. The molecule has 1 heterocycles. The van der Waals surface area contributed by atoms with Crippen LogP contribution in [0, 0.1) is 0 Å². The van der Waals surface area contributed by atoms with Crippen LogP contribution in [-0.2, 0) is 18.6 Å². The summed E-state index contributed by atoms with van der Waals surface area (Å²) in [6, 6.07) is 5.68. The molecule has 3 atom stereocenters. The van der Waals surface area contributed by atoms with Gasteiger partial charge in [-0.2, -0.15) is 0 Å². The largest absolute Gasteiger partial charge is 0.498 e. The van der Waals surface area contributed by atoms with Gasteiger partial charge in [0.1, 0.15) is 35.6 Å². The third kappa shape index (κ3) is 5.15. The van der Waals surface area contributed by atoms with E-state index in [0.29, 0.717) is 23.9 Å². The van der Waals surface area contributed by atoms with E-state index in [-0.39, 0.29) is 17.2 Å². The Morgan fingerprint density at radius 1 is 0.966 bits per heavy atom. The second-order valence-electron chi connectivity index (χ2n) is 8.67. The van der Waals surface area contributed by atoms with Crippen molar-refractivity contribution in [3.63, 3.8) is 0 Å². The number of methoxy groups -OCH3 is 4. The quantitative estimate of drug-likeness (QED) is 0.563. The molecule has 29 heavy (non-hydrogen) atoms. The first-order valence-corrected chi connectivity index (χ1v) is 12.8. The lowest BCUT2D eigenvalue weighted by Crippen LogP contribution is -2.47. The zero-order chi connectivity index (χ0) is 21.8.